The molecule has 6 nitrogen and oxygen atoms in total. The van der Waals surface area contributed by atoms with Crippen LogP contribution < -0.4 is 0 Å². The van der Waals surface area contributed by atoms with E-state index in [1.54, 1.807) is 0 Å². The van der Waals surface area contributed by atoms with Gasteiger partial charge in [0.05, 0.1) is 0 Å². The van der Waals surface area contributed by atoms with E-state index >= 15 is 0 Å². The molecule has 0 unspecified atom stereocenters. The lowest BCUT2D eigenvalue weighted by Crippen LogP contribution is -2.01. The molecule has 0 amide bonds. The molecule has 0 saturated heterocycles. The summed E-state index contributed by atoms with van der Waals surface area (Å²) in [5.41, 5.74) is 8.75. The summed E-state index contributed by atoms with van der Waals surface area (Å²) in [4.78, 5) is 20.2. The van der Waals surface area contributed by atoms with E-state index in [1.165, 1.54) is 5.39 Å². The number of oxazole rings is 1. The predicted octanol–water partition coefficient (Wildman–Crippen LogP) is 12.6. The van der Waals surface area contributed by atoms with Crippen LogP contribution in [0.3, 0.4) is 0 Å². The van der Waals surface area contributed by atoms with Crippen molar-refractivity contribution < 1.29 is 8.83 Å². The van der Waals surface area contributed by atoms with E-state index < -0.39 is 0 Å². The highest BCUT2D eigenvalue weighted by Gasteiger charge is 2.20. The third kappa shape index (κ3) is 5.04. The van der Waals surface area contributed by atoms with Crippen molar-refractivity contribution in [3.8, 4) is 56.7 Å². The van der Waals surface area contributed by atoms with Gasteiger partial charge in [-0.2, -0.15) is 0 Å². The third-order valence-electron chi connectivity index (χ3n) is 10.1. The van der Waals surface area contributed by atoms with Crippen molar-refractivity contribution in [2.24, 2.45) is 0 Å². The molecule has 0 saturated carbocycles. The van der Waals surface area contributed by atoms with Gasteiger partial charge in [0, 0.05) is 39.1 Å². The molecular weight excluding hydrogens is 665 g/mol. The molecule has 11 aromatic rings. The van der Waals surface area contributed by atoms with Gasteiger partial charge >= 0.3 is 0 Å². The molecule has 0 aliphatic rings. The van der Waals surface area contributed by atoms with E-state index in [2.05, 4.69) is 91.0 Å². The topological polar surface area (TPSA) is 77.8 Å². The van der Waals surface area contributed by atoms with Crippen molar-refractivity contribution in [2.75, 3.05) is 0 Å². The van der Waals surface area contributed by atoms with Crippen LogP contribution in [0.5, 0.6) is 0 Å². The zero-order valence-electron chi connectivity index (χ0n) is 28.8. The van der Waals surface area contributed by atoms with E-state index in [9.17, 15) is 0 Å². The summed E-state index contributed by atoms with van der Waals surface area (Å²) in [6.07, 6.45) is 0. The molecule has 0 fully saturated rings. The van der Waals surface area contributed by atoms with Crippen LogP contribution in [0.25, 0.3) is 111 Å². The highest BCUT2D eigenvalue weighted by Crippen LogP contribution is 2.42. The van der Waals surface area contributed by atoms with Crippen LogP contribution in [0.15, 0.2) is 179 Å². The molecule has 54 heavy (non-hydrogen) atoms. The molecule has 0 atom stereocenters. The Labute approximate surface area is 309 Å². The van der Waals surface area contributed by atoms with Crippen LogP contribution in [-0.4, -0.2) is 19.9 Å². The molecule has 0 spiro atoms. The zero-order valence-corrected chi connectivity index (χ0v) is 28.8. The number of hydrogen-bond acceptors (Lipinski definition) is 6. The first-order valence-electron chi connectivity index (χ1n) is 17.9. The van der Waals surface area contributed by atoms with Gasteiger partial charge in [-0.05, 0) is 75.1 Å². The normalized spacial score (nSPS) is 11.7. The first-order valence-corrected chi connectivity index (χ1v) is 17.9. The van der Waals surface area contributed by atoms with Crippen molar-refractivity contribution in [1.82, 2.24) is 19.9 Å². The molecule has 3 aromatic heterocycles. The number of fused-ring (bicyclic) bond motifs is 6. The van der Waals surface area contributed by atoms with Crippen LogP contribution in [0.1, 0.15) is 0 Å². The van der Waals surface area contributed by atoms with Gasteiger partial charge < -0.3 is 8.83 Å². The molecule has 8 aromatic carbocycles. The fourth-order valence-corrected chi connectivity index (χ4v) is 7.51. The molecule has 0 aliphatic carbocycles. The highest BCUT2D eigenvalue weighted by atomic mass is 16.4. The Kier molecular flexibility index (Phi) is 6.75. The van der Waals surface area contributed by atoms with Gasteiger partial charge in [-0.1, -0.05) is 121 Å². The molecule has 3 heterocycles. The molecule has 6 heteroatoms. The van der Waals surface area contributed by atoms with Gasteiger partial charge in [0.2, 0.25) is 5.89 Å². The van der Waals surface area contributed by atoms with E-state index in [-0.39, 0.29) is 0 Å². The summed E-state index contributed by atoms with van der Waals surface area (Å²) < 4.78 is 12.8. The van der Waals surface area contributed by atoms with Crippen molar-refractivity contribution in [2.45, 2.75) is 0 Å². The molecular formula is C48H28N4O2. The second-order valence-electron chi connectivity index (χ2n) is 13.5. The number of aromatic nitrogens is 4. The van der Waals surface area contributed by atoms with Gasteiger partial charge in [-0.3, -0.25) is 0 Å². The Morgan fingerprint density at radius 3 is 1.85 bits per heavy atom. The summed E-state index contributed by atoms with van der Waals surface area (Å²) in [5, 5.41) is 6.39. The lowest BCUT2D eigenvalue weighted by atomic mass is 9.93. The van der Waals surface area contributed by atoms with Gasteiger partial charge in [-0.15, -0.1) is 0 Å². The van der Waals surface area contributed by atoms with Crippen LogP contribution in [0.2, 0.25) is 0 Å². The summed E-state index contributed by atoms with van der Waals surface area (Å²) in [6, 6.07) is 57.8. The number of rotatable bonds is 5. The number of benzene rings is 8. The number of hydrogen-bond donors (Lipinski definition) is 0. The van der Waals surface area contributed by atoms with E-state index in [1.807, 2.05) is 78.9 Å². The Bertz CT molecular complexity index is 3220. The second kappa shape index (κ2) is 12.1. The second-order valence-corrected chi connectivity index (χ2v) is 13.5. The maximum Gasteiger partial charge on any atom is 0.227 e. The smallest absolute Gasteiger partial charge is 0.227 e. The van der Waals surface area contributed by atoms with Crippen LogP contribution in [-0.2, 0) is 0 Å². The first kappa shape index (κ1) is 30.2. The molecule has 11 rings (SSSR count). The van der Waals surface area contributed by atoms with E-state index in [4.69, 9.17) is 28.8 Å². The molecule has 252 valence electrons. The standard InChI is InChI=1S/C48H28N4O2/c1-3-13-30(14-4-1)45-50-46(34-23-22-29-12-7-8-17-32(29)24-34)52-47(51-45)38-26-35(25-33-18-9-10-19-36(33)38)37-20-11-21-41-44(37)39-27-43-40(28-42(39)53-41)49-48(54-43)31-15-5-2-6-16-31/h1-28H. The van der Waals surface area contributed by atoms with E-state index in [0.717, 1.165) is 77.0 Å². The maximum absolute atomic E-state index is 6.49. The third-order valence-corrected chi connectivity index (χ3v) is 10.1. The average molecular weight is 693 g/mol. The predicted molar refractivity (Wildman–Crippen MR) is 217 cm³/mol. The molecule has 0 bridgehead atoms. The SMILES string of the molecule is c1ccc(-c2nc(-c3ccc4ccccc4c3)nc(-c3cc(-c4cccc5oc6cc7nc(-c8ccccc8)oc7cc6c45)cc4ccccc34)n2)cc1. The lowest BCUT2D eigenvalue weighted by Gasteiger charge is -2.13. The lowest BCUT2D eigenvalue weighted by molar-refractivity contribution is 0.620. The van der Waals surface area contributed by atoms with Crippen molar-refractivity contribution >= 4 is 54.6 Å². The van der Waals surface area contributed by atoms with Gasteiger partial charge in [0.1, 0.15) is 16.7 Å². The monoisotopic (exact) mass is 692 g/mol. The van der Waals surface area contributed by atoms with Crippen LogP contribution >= 0.6 is 0 Å². The van der Waals surface area contributed by atoms with Gasteiger partial charge in [-0.25, -0.2) is 19.9 Å². The zero-order chi connectivity index (χ0) is 35.6. The Balaban J connectivity index is 1.13. The summed E-state index contributed by atoms with van der Waals surface area (Å²) in [5.74, 6) is 2.42. The van der Waals surface area contributed by atoms with Crippen molar-refractivity contribution in [1.29, 1.82) is 0 Å². The molecule has 0 N–H and O–H groups in total. The largest absolute Gasteiger partial charge is 0.456 e. The van der Waals surface area contributed by atoms with Gasteiger partial charge in [0.15, 0.2) is 23.1 Å². The molecule has 0 aliphatic heterocycles. The van der Waals surface area contributed by atoms with E-state index in [0.29, 0.717) is 28.9 Å². The Morgan fingerprint density at radius 2 is 1.02 bits per heavy atom. The maximum atomic E-state index is 6.49. The minimum absolute atomic E-state index is 0.581. The minimum atomic E-state index is 0.581. The minimum Gasteiger partial charge on any atom is -0.456 e. The summed E-state index contributed by atoms with van der Waals surface area (Å²) in [6.45, 7) is 0. The quantitative estimate of drug-likeness (QED) is 0.179. The van der Waals surface area contributed by atoms with Crippen molar-refractivity contribution in [3.63, 3.8) is 0 Å². The van der Waals surface area contributed by atoms with Crippen molar-refractivity contribution in [3.05, 3.63) is 170 Å². The fourth-order valence-electron chi connectivity index (χ4n) is 7.51. The average Bonchev–Trinajstić information content (AvgIpc) is 3.83. The fraction of sp³-hybridized carbons (Fsp3) is 0. The first-order chi connectivity index (χ1) is 26.7. The summed E-state index contributed by atoms with van der Waals surface area (Å²) in [7, 11) is 0. The van der Waals surface area contributed by atoms with Gasteiger partial charge in [0.25, 0.3) is 0 Å². The Hall–Kier alpha value is -7.44. The number of furan rings is 1. The van der Waals surface area contributed by atoms with Crippen LogP contribution in [0, 0.1) is 0 Å². The highest BCUT2D eigenvalue weighted by molar-refractivity contribution is 6.15. The molecule has 0 radical (unpaired) electrons. The number of nitrogens with zero attached hydrogens (tertiary/aromatic N) is 4. The Morgan fingerprint density at radius 1 is 0.333 bits per heavy atom. The summed E-state index contributed by atoms with van der Waals surface area (Å²) >= 11 is 0. The van der Waals surface area contributed by atoms with Crippen LogP contribution in [0.4, 0.5) is 0 Å².